The van der Waals surface area contributed by atoms with E-state index < -0.39 is 0 Å². The number of furan rings is 2. The molecule has 0 fully saturated rings. The van der Waals surface area contributed by atoms with Gasteiger partial charge in [-0.15, -0.1) is 11.3 Å². The zero-order valence-electron chi connectivity index (χ0n) is 75.4. The largest absolute Gasteiger partial charge is 0.456 e. The van der Waals surface area contributed by atoms with Crippen LogP contribution in [0.4, 0.5) is 0 Å². The Morgan fingerprint density at radius 1 is 0.200 bits per heavy atom. The summed E-state index contributed by atoms with van der Waals surface area (Å²) < 4.78 is 19.9. The second kappa shape index (κ2) is 32.9. The maximum absolute atomic E-state index is 6.47. The van der Waals surface area contributed by atoms with Crippen LogP contribution in [-0.4, -0.2) is 68.9 Å². The molecule has 28 rings (SSSR count). The van der Waals surface area contributed by atoms with Gasteiger partial charge in [-0.05, 0) is 131 Å². The van der Waals surface area contributed by atoms with Gasteiger partial charge in [0.1, 0.15) is 22.3 Å². The molecule has 140 heavy (non-hydrogen) atoms. The SMILES string of the molecule is CC1(C)c2ccccc2-c2c(-c3nc(-c4ccccc4)nc(-c4ccc(-n5c6ccccc6c6c7c(ccc65)oc5ccccc57)c(-c5nc(-c6ccccc6)nc(-c6ccccc6)n5)c4)n3)cccc21.c1ccc(-c2nc(-c3ccc(-n4c5ccccc5c5c6c(ccc54)sc4ccccc46)c(-c4nc(-c5ccccc5)nc(-c5ccccc5)n4)c3)nc(-c3ccc4oc5ccccc5c4c3)n2)cc1. The van der Waals surface area contributed by atoms with Crippen LogP contribution < -0.4 is 0 Å². The topological polar surface area (TPSA) is 191 Å². The van der Waals surface area contributed by atoms with Gasteiger partial charge in [0.25, 0.3) is 0 Å². The number of nitrogens with zero attached hydrogens (tertiary/aromatic N) is 14. The molecule has 0 bridgehead atoms. The van der Waals surface area contributed by atoms with Crippen LogP contribution in [0.1, 0.15) is 25.0 Å². The van der Waals surface area contributed by atoms with Crippen LogP contribution in [0.5, 0.6) is 0 Å². The monoisotopic (exact) mass is 1810 g/mol. The maximum atomic E-state index is 6.47. The molecular weight excluding hydrogens is 1740 g/mol. The molecule has 9 heterocycles. The molecule has 0 spiro atoms. The van der Waals surface area contributed by atoms with Gasteiger partial charge in [-0.25, -0.2) is 59.8 Å². The molecule has 1 aliphatic rings. The molecule has 656 valence electrons. The third kappa shape index (κ3) is 13.6. The van der Waals surface area contributed by atoms with E-state index in [-0.39, 0.29) is 5.41 Å². The summed E-state index contributed by atoms with van der Waals surface area (Å²) in [5, 5.41) is 11.3. The van der Waals surface area contributed by atoms with Crippen LogP contribution in [0.25, 0.3) is 267 Å². The van der Waals surface area contributed by atoms with Gasteiger partial charge in [-0.2, -0.15) is 0 Å². The highest BCUT2D eigenvalue weighted by Gasteiger charge is 2.38. The number of benzene rings is 18. The Balaban J connectivity index is 0.000000141. The van der Waals surface area contributed by atoms with Crippen molar-refractivity contribution in [3.05, 3.63) is 436 Å². The Morgan fingerprint density at radius 3 is 1.03 bits per heavy atom. The molecule has 18 aromatic carbocycles. The predicted molar refractivity (Wildman–Crippen MR) is 565 cm³/mol. The lowest BCUT2D eigenvalue weighted by Gasteiger charge is -2.21. The summed E-state index contributed by atoms with van der Waals surface area (Å²) in [6.45, 7) is 4.59. The minimum Gasteiger partial charge on any atom is -0.456 e. The fourth-order valence-corrected chi connectivity index (χ4v) is 21.6. The highest BCUT2D eigenvalue weighted by Crippen LogP contribution is 2.53. The molecule has 0 unspecified atom stereocenters. The number of rotatable bonds is 14. The zero-order chi connectivity index (χ0) is 92.6. The van der Waals surface area contributed by atoms with Crippen LogP contribution in [0.3, 0.4) is 0 Å². The van der Waals surface area contributed by atoms with Crippen molar-refractivity contribution >= 4 is 119 Å². The van der Waals surface area contributed by atoms with Crippen molar-refractivity contribution in [1.82, 2.24) is 68.9 Å². The zero-order valence-corrected chi connectivity index (χ0v) is 76.2. The number of aromatic nitrogens is 14. The summed E-state index contributed by atoms with van der Waals surface area (Å²) in [5.41, 5.74) is 24.2. The molecule has 0 aliphatic heterocycles. The van der Waals surface area contributed by atoms with Gasteiger partial charge in [0.2, 0.25) is 0 Å². The second-order valence-corrected chi connectivity index (χ2v) is 36.7. The van der Waals surface area contributed by atoms with Crippen molar-refractivity contribution in [3.63, 3.8) is 0 Å². The Morgan fingerprint density at radius 2 is 0.536 bits per heavy atom. The summed E-state index contributed by atoms with van der Waals surface area (Å²) >= 11 is 1.83. The summed E-state index contributed by atoms with van der Waals surface area (Å²) in [6, 6.07) is 146. The average Bonchev–Trinajstić information content (AvgIpc) is 1.56. The normalized spacial score (nSPS) is 12.3. The van der Waals surface area contributed by atoms with Crippen molar-refractivity contribution in [2.75, 3.05) is 0 Å². The van der Waals surface area contributed by atoms with Crippen molar-refractivity contribution in [2.24, 2.45) is 0 Å². The number of hydrogen-bond donors (Lipinski definition) is 0. The van der Waals surface area contributed by atoms with Gasteiger partial charge in [0.15, 0.2) is 69.9 Å². The molecule has 0 amide bonds. The fourth-order valence-electron chi connectivity index (χ4n) is 20.5. The summed E-state index contributed by atoms with van der Waals surface area (Å²) in [7, 11) is 0. The molecule has 9 aromatic heterocycles. The van der Waals surface area contributed by atoms with Gasteiger partial charge in [0.05, 0.1) is 33.4 Å². The van der Waals surface area contributed by atoms with Crippen LogP contribution in [-0.2, 0) is 5.41 Å². The van der Waals surface area contributed by atoms with Crippen molar-refractivity contribution < 1.29 is 8.83 Å². The maximum Gasteiger partial charge on any atom is 0.166 e. The standard InChI is InChI=1S/C63H41N7O.C60H35N7OS/c1-63(2)47-29-15-12-25-42(47)54-45(28-18-30-48(54)63)61-66-59(40-23-10-5-11-24-40)65-60(69-61)41-33-34-50(46(37-41)62-67-57(38-19-6-3-7-20-38)64-58(68-62)39-21-8-4-9-22-39)70-49-31-16-13-26-43(49)55-51(70)35-36-53-56(55)44-27-14-17-32-52(44)71-53;1-4-16-36(17-5-1)55-62-58(64-59(63-55)40-29-32-50-44(34-40)41-22-11-14-26-49(41)68-50)39-28-30-47(45(35-39)60-65-56(37-18-6-2-7-19-37)61-57(66-60)38-20-8-3-9-21-38)67-46-25-13-10-23-42(46)53-48(67)31-33-52-54(53)43-24-12-15-27-51(43)69-52/h3-37H,1-2H3;1-35H. The Kier molecular flexibility index (Phi) is 19.0. The molecule has 0 saturated heterocycles. The molecular formula is C123H76N14O2S. The molecule has 17 heteroatoms. The van der Waals surface area contributed by atoms with E-state index in [4.69, 9.17) is 68.6 Å². The molecule has 16 nitrogen and oxygen atoms in total. The number of thiophene rings is 1. The highest BCUT2D eigenvalue weighted by atomic mass is 32.1. The van der Waals surface area contributed by atoms with Gasteiger partial charge in [-0.3, -0.25) is 0 Å². The van der Waals surface area contributed by atoms with E-state index >= 15 is 0 Å². The smallest absolute Gasteiger partial charge is 0.166 e. The van der Waals surface area contributed by atoms with Gasteiger partial charge in [0, 0.05) is 135 Å². The van der Waals surface area contributed by atoms with E-state index in [1.807, 2.05) is 224 Å². The Hall–Kier alpha value is -18.6. The number of fused-ring (bicyclic) bond motifs is 20. The van der Waals surface area contributed by atoms with Crippen molar-refractivity contribution in [2.45, 2.75) is 19.3 Å². The Labute approximate surface area is 805 Å². The summed E-state index contributed by atoms with van der Waals surface area (Å²) in [6.07, 6.45) is 0. The lowest BCUT2D eigenvalue weighted by Crippen LogP contribution is -2.14. The molecule has 0 radical (unpaired) electrons. The second-order valence-electron chi connectivity index (χ2n) is 35.7. The van der Waals surface area contributed by atoms with Crippen LogP contribution >= 0.6 is 11.3 Å². The molecule has 1 aliphatic carbocycles. The van der Waals surface area contributed by atoms with E-state index in [2.05, 4.69) is 235 Å². The third-order valence-electron chi connectivity index (χ3n) is 27.0. The number of para-hydroxylation sites is 4. The Bertz CT molecular complexity index is 9570. The first-order valence-corrected chi connectivity index (χ1v) is 47.5. The van der Waals surface area contributed by atoms with E-state index in [9.17, 15) is 0 Å². The minimum atomic E-state index is -0.199. The molecule has 0 N–H and O–H groups in total. The highest BCUT2D eigenvalue weighted by molar-refractivity contribution is 7.26. The van der Waals surface area contributed by atoms with Crippen LogP contribution in [0.15, 0.2) is 433 Å². The van der Waals surface area contributed by atoms with Crippen molar-refractivity contribution in [3.8, 4) is 159 Å². The van der Waals surface area contributed by atoms with Crippen LogP contribution in [0.2, 0.25) is 0 Å². The summed E-state index contributed by atoms with van der Waals surface area (Å²) in [4.78, 5) is 63.1. The molecule has 0 atom stereocenters. The lowest BCUT2D eigenvalue weighted by molar-refractivity contribution is 0.660. The van der Waals surface area contributed by atoms with E-state index in [0.29, 0.717) is 69.9 Å². The quantitative estimate of drug-likeness (QED) is 0.0999. The van der Waals surface area contributed by atoms with E-state index in [0.717, 1.165) is 160 Å². The van der Waals surface area contributed by atoms with E-state index in [1.54, 1.807) is 0 Å². The third-order valence-corrected chi connectivity index (χ3v) is 28.2. The fraction of sp³-hybridized carbons (Fsp3) is 0.0244. The average molecular weight is 1810 g/mol. The van der Waals surface area contributed by atoms with Crippen LogP contribution in [0, 0.1) is 0 Å². The van der Waals surface area contributed by atoms with Gasteiger partial charge < -0.3 is 18.0 Å². The number of hydrogen-bond acceptors (Lipinski definition) is 15. The summed E-state index contributed by atoms with van der Waals surface area (Å²) in [5.74, 6) is 6.61. The molecule has 0 saturated carbocycles. The molecule has 27 aromatic rings. The van der Waals surface area contributed by atoms with Crippen molar-refractivity contribution in [1.29, 1.82) is 0 Å². The first-order chi connectivity index (χ1) is 69.1. The van der Waals surface area contributed by atoms with Gasteiger partial charge in [-0.1, -0.05) is 329 Å². The van der Waals surface area contributed by atoms with E-state index in [1.165, 1.54) is 47.6 Å². The first-order valence-electron chi connectivity index (χ1n) is 46.6. The lowest BCUT2D eigenvalue weighted by atomic mass is 9.82. The predicted octanol–water partition coefficient (Wildman–Crippen LogP) is 30.8. The van der Waals surface area contributed by atoms with Gasteiger partial charge >= 0.3 is 0 Å². The minimum absolute atomic E-state index is 0.199. The first kappa shape index (κ1) is 81.0.